The van der Waals surface area contributed by atoms with Gasteiger partial charge in [-0.25, -0.2) is 8.78 Å². The summed E-state index contributed by atoms with van der Waals surface area (Å²) in [7, 11) is 0. The smallest absolute Gasteiger partial charge is 0.252 e. The molecule has 144 valence electrons. The van der Waals surface area contributed by atoms with Crippen LogP contribution >= 0.6 is 0 Å². The average molecular weight is 389 g/mol. The van der Waals surface area contributed by atoms with E-state index in [1.165, 1.54) is 24.4 Å². The Morgan fingerprint density at radius 2 is 1.45 bits per heavy atom. The Labute approximate surface area is 166 Å². The third kappa shape index (κ3) is 4.35. The number of anilines is 4. The maximum atomic E-state index is 14.0. The number of nitrogens with one attached hydrogen (secondary N) is 1. The van der Waals surface area contributed by atoms with Gasteiger partial charge < -0.3 is 10.2 Å². The number of benzene rings is 3. The maximum Gasteiger partial charge on any atom is 0.252 e. The van der Waals surface area contributed by atoms with E-state index in [-0.39, 0.29) is 11.5 Å². The number of rotatable bonds is 6. The highest BCUT2D eigenvalue weighted by Crippen LogP contribution is 2.26. The van der Waals surface area contributed by atoms with Crippen LogP contribution in [0, 0.1) is 11.6 Å². The Balaban J connectivity index is 1.69. The van der Waals surface area contributed by atoms with Gasteiger partial charge in [0.25, 0.3) is 5.95 Å². The fourth-order valence-electron chi connectivity index (χ4n) is 2.87. The Morgan fingerprint density at radius 1 is 0.793 bits per heavy atom. The van der Waals surface area contributed by atoms with Gasteiger partial charge in [0, 0.05) is 5.69 Å². The highest BCUT2D eigenvalue weighted by Gasteiger charge is 2.16. The van der Waals surface area contributed by atoms with E-state index in [1.807, 2.05) is 65.6 Å². The van der Waals surface area contributed by atoms with Crippen molar-refractivity contribution in [2.75, 3.05) is 10.2 Å². The summed E-state index contributed by atoms with van der Waals surface area (Å²) >= 11 is 0. The first-order valence-electron chi connectivity index (χ1n) is 8.98. The molecule has 5 nitrogen and oxygen atoms in total. The van der Waals surface area contributed by atoms with Crippen LogP contribution in [0.15, 0.2) is 85.1 Å². The first-order valence-corrected chi connectivity index (χ1v) is 8.98. The molecule has 3 aromatic carbocycles. The zero-order chi connectivity index (χ0) is 20.1. The second kappa shape index (κ2) is 8.43. The summed E-state index contributed by atoms with van der Waals surface area (Å²) in [5, 5.41) is 10.8. The van der Waals surface area contributed by atoms with E-state index in [1.54, 1.807) is 0 Å². The number of nitrogens with zero attached hydrogens (tertiary/aromatic N) is 4. The highest BCUT2D eigenvalue weighted by molar-refractivity contribution is 5.61. The van der Waals surface area contributed by atoms with Crippen LogP contribution in [0.1, 0.15) is 5.56 Å². The van der Waals surface area contributed by atoms with Crippen molar-refractivity contribution < 1.29 is 8.78 Å². The molecular weight excluding hydrogens is 372 g/mol. The number of hydrogen-bond acceptors (Lipinski definition) is 5. The predicted molar refractivity (Wildman–Crippen MR) is 108 cm³/mol. The molecule has 0 radical (unpaired) electrons. The number of halogens is 2. The molecule has 0 aliphatic carbocycles. The summed E-state index contributed by atoms with van der Waals surface area (Å²) < 4.78 is 27.9. The minimum Gasteiger partial charge on any atom is -0.334 e. The van der Waals surface area contributed by atoms with E-state index in [0.717, 1.165) is 11.3 Å². The second-order valence-corrected chi connectivity index (χ2v) is 6.27. The fraction of sp³-hybridized carbons (Fsp3) is 0.0455. The van der Waals surface area contributed by atoms with Crippen molar-refractivity contribution in [2.24, 2.45) is 0 Å². The lowest BCUT2D eigenvalue weighted by Crippen LogP contribution is -2.20. The lowest BCUT2D eigenvalue weighted by atomic mass is 10.2. The third-order valence-electron chi connectivity index (χ3n) is 4.26. The lowest BCUT2D eigenvalue weighted by molar-refractivity contribution is 0.590. The second-order valence-electron chi connectivity index (χ2n) is 6.27. The van der Waals surface area contributed by atoms with Gasteiger partial charge >= 0.3 is 0 Å². The SMILES string of the molecule is Fc1cccc(F)c1Nc1cnnc(N(Cc2ccccc2)c2ccccc2)n1. The van der Waals surface area contributed by atoms with Gasteiger partial charge in [0.1, 0.15) is 17.3 Å². The van der Waals surface area contributed by atoms with E-state index < -0.39 is 11.6 Å². The molecule has 1 heterocycles. The van der Waals surface area contributed by atoms with Crippen molar-refractivity contribution in [3.05, 3.63) is 102 Å². The van der Waals surface area contributed by atoms with Crippen LogP contribution in [-0.4, -0.2) is 15.2 Å². The minimum absolute atomic E-state index is 0.188. The Bertz CT molecular complexity index is 1070. The molecule has 0 aliphatic rings. The van der Waals surface area contributed by atoms with Gasteiger partial charge in [-0.2, -0.15) is 10.1 Å². The van der Waals surface area contributed by atoms with Crippen molar-refractivity contribution in [1.82, 2.24) is 15.2 Å². The van der Waals surface area contributed by atoms with Gasteiger partial charge in [0.05, 0.1) is 12.7 Å². The molecule has 7 heteroatoms. The zero-order valence-electron chi connectivity index (χ0n) is 15.3. The fourth-order valence-corrected chi connectivity index (χ4v) is 2.87. The van der Waals surface area contributed by atoms with Crippen LogP contribution in [0.4, 0.5) is 31.9 Å². The van der Waals surface area contributed by atoms with Gasteiger partial charge in [-0.3, -0.25) is 0 Å². The minimum atomic E-state index is -0.714. The topological polar surface area (TPSA) is 53.9 Å². The van der Waals surface area contributed by atoms with Gasteiger partial charge in [-0.15, -0.1) is 5.10 Å². The molecule has 1 N–H and O–H groups in total. The Morgan fingerprint density at radius 3 is 2.14 bits per heavy atom. The molecule has 0 aliphatic heterocycles. The van der Waals surface area contributed by atoms with Gasteiger partial charge in [-0.05, 0) is 29.8 Å². The third-order valence-corrected chi connectivity index (χ3v) is 4.26. The Kier molecular flexibility index (Phi) is 5.38. The van der Waals surface area contributed by atoms with E-state index in [9.17, 15) is 8.78 Å². The summed E-state index contributed by atoms with van der Waals surface area (Å²) in [4.78, 5) is 6.31. The summed E-state index contributed by atoms with van der Waals surface area (Å²) in [5.74, 6) is -0.932. The molecule has 0 saturated heterocycles. The number of hydrogen-bond donors (Lipinski definition) is 1. The predicted octanol–water partition coefficient (Wildman–Crippen LogP) is 5.23. The first kappa shape index (κ1) is 18.5. The van der Waals surface area contributed by atoms with Gasteiger partial charge in [-0.1, -0.05) is 54.6 Å². The van der Waals surface area contributed by atoms with E-state index in [4.69, 9.17) is 0 Å². The van der Waals surface area contributed by atoms with Crippen LogP contribution in [0.5, 0.6) is 0 Å². The van der Waals surface area contributed by atoms with Gasteiger partial charge in [0.2, 0.25) is 0 Å². The van der Waals surface area contributed by atoms with Crippen LogP contribution < -0.4 is 10.2 Å². The largest absolute Gasteiger partial charge is 0.334 e. The van der Waals surface area contributed by atoms with Crippen LogP contribution in [0.2, 0.25) is 0 Å². The molecule has 0 atom stereocenters. The molecule has 4 rings (SSSR count). The molecule has 4 aromatic rings. The van der Waals surface area contributed by atoms with Crippen LogP contribution in [-0.2, 0) is 6.54 Å². The molecule has 0 spiro atoms. The monoisotopic (exact) mass is 389 g/mol. The molecule has 29 heavy (non-hydrogen) atoms. The van der Waals surface area contributed by atoms with E-state index in [0.29, 0.717) is 12.5 Å². The van der Waals surface area contributed by atoms with E-state index >= 15 is 0 Å². The molecule has 0 bridgehead atoms. The highest BCUT2D eigenvalue weighted by atomic mass is 19.1. The lowest BCUT2D eigenvalue weighted by Gasteiger charge is -2.23. The molecule has 0 fully saturated rings. The molecule has 0 saturated carbocycles. The van der Waals surface area contributed by atoms with Crippen molar-refractivity contribution in [3.63, 3.8) is 0 Å². The maximum absolute atomic E-state index is 14.0. The van der Waals surface area contributed by atoms with Gasteiger partial charge in [0.15, 0.2) is 5.82 Å². The van der Waals surface area contributed by atoms with Crippen molar-refractivity contribution in [2.45, 2.75) is 6.54 Å². The molecule has 0 amide bonds. The zero-order valence-corrected chi connectivity index (χ0v) is 15.3. The summed E-state index contributed by atoms with van der Waals surface area (Å²) in [5.41, 5.74) is 1.64. The van der Waals surface area contributed by atoms with Crippen LogP contribution in [0.25, 0.3) is 0 Å². The van der Waals surface area contributed by atoms with Crippen molar-refractivity contribution in [3.8, 4) is 0 Å². The summed E-state index contributed by atoms with van der Waals surface area (Å²) in [6.07, 6.45) is 1.32. The van der Waals surface area contributed by atoms with Crippen molar-refractivity contribution in [1.29, 1.82) is 0 Å². The van der Waals surface area contributed by atoms with Crippen LogP contribution in [0.3, 0.4) is 0 Å². The molecular formula is C22H17F2N5. The number of aromatic nitrogens is 3. The summed E-state index contributed by atoms with van der Waals surface area (Å²) in [6, 6.07) is 23.1. The van der Waals surface area contributed by atoms with Crippen molar-refractivity contribution >= 4 is 23.1 Å². The number of para-hydroxylation sites is 2. The first-order chi connectivity index (χ1) is 14.2. The van der Waals surface area contributed by atoms with E-state index in [2.05, 4.69) is 20.5 Å². The quantitative estimate of drug-likeness (QED) is 0.489. The molecule has 1 aromatic heterocycles. The standard InChI is InChI=1S/C22H17F2N5/c23-18-12-7-13-19(24)21(18)26-20-14-25-28-22(27-20)29(17-10-5-2-6-11-17)15-16-8-3-1-4-9-16/h1-14H,15H2,(H,26,27,28). The average Bonchev–Trinajstić information content (AvgIpc) is 2.76. The summed E-state index contributed by atoms with van der Waals surface area (Å²) in [6.45, 7) is 0.504. The Hall–Kier alpha value is -3.87. The molecule has 0 unspecified atom stereocenters. The normalized spacial score (nSPS) is 10.6.